The van der Waals surface area contributed by atoms with Gasteiger partial charge in [-0.25, -0.2) is 0 Å². The number of hydrogen-bond acceptors (Lipinski definition) is 3. The van der Waals surface area contributed by atoms with Crippen molar-refractivity contribution >= 4 is 23.4 Å². The van der Waals surface area contributed by atoms with Gasteiger partial charge in [-0.3, -0.25) is 9.59 Å². The maximum absolute atomic E-state index is 12.7. The lowest BCUT2D eigenvalue weighted by molar-refractivity contribution is -0.143. The van der Waals surface area contributed by atoms with Gasteiger partial charge < -0.3 is 14.5 Å². The van der Waals surface area contributed by atoms with Crippen LogP contribution in [0.3, 0.4) is 0 Å². The van der Waals surface area contributed by atoms with E-state index in [2.05, 4.69) is 0 Å². The number of nitrogens with zero attached hydrogens (tertiary/aromatic N) is 2. The summed E-state index contributed by atoms with van der Waals surface area (Å²) in [6.45, 7) is 3.95. The van der Waals surface area contributed by atoms with Crippen LogP contribution in [-0.2, 0) is 20.7 Å². The van der Waals surface area contributed by atoms with E-state index in [1.807, 2.05) is 34.1 Å². The standard InChI is InChI=1S/C22H29ClN2O3/c23-18-5-3-17(4-6-18)14-21(27)24-11-9-22(10-12-24)8-7-20(26)25(16-22)15-19-2-1-13-28-19/h3-6,19H,1-2,7-16H2/t19-/m1/s1. The molecular weight excluding hydrogens is 376 g/mol. The topological polar surface area (TPSA) is 49.9 Å². The monoisotopic (exact) mass is 404 g/mol. The van der Waals surface area contributed by atoms with Gasteiger partial charge in [0.25, 0.3) is 0 Å². The number of rotatable bonds is 4. The average Bonchev–Trinajstić information content (AvgIpc) is 3.20. The van der Waals surface area contributed by atoms with E-state index in [9.17, 15) is 9.59 Å². The van der Waals surface area contributed by atoms with Crippen molar-refractivity contribution in [3.63, 3.8) is 0 Å². The Kier molecular flexibility index (Phi) is 5.93. The number of amides is 2. The number of likely N-dealkylation sites (tertiary alicyclic amines) is 2. The van der Waals surface area contributed by atoms with Gasteiger partial charge >= 0.3 is 0 Å². The molecule has 4 rings (SSSR count). The lowest BCUT2D eigenvalue weighted by atomic mass is 9.72. The highest BCUT2D eigenvalue weighted by Crippen LogP contribution is 2.40. The molecular formula is C22H29ClN2O3. The van der Waals surface area contributed by atoms with E-state index in [0.29, 0.717) is 17.9 Å². The predicted molar refractivity (Wildman–Crippen MR) is 108 cm³/mol. The van der Waals surface area contributed by atoms with Gasteiger partial charge in [0.15, 0.2) is 0 Å². The molecule has 3 heterocycles. The first kappa shape index (κ1) is 19.7. The summed E-state index contributed by atoms with van der Waals surface area (Å²) < 4.78 is 5.74. The van der Waals surface area contributed by atoms with Crippen LogP contribution in [0.15, 0.2) is 24.3 Å². The van der Waals surface area contributed by atoms with E-state index in [4.69, 9.17) is 16.3 Å². The largest absolute Gasteiger partial charge is 0.376 e. The van der Waals surface area contributed by atoms with Gasteiger partial charge in [0.05, 0.1) is 12.5 Å². The highest BCUT2D eigenvalue weighted by molar-refractivity contribution is 6.30. The normalized spacial score (nSPS) is 24.8. The molecule has 152 valence electrons. The first-order chi connectivity index (χ1) is 13.5. The van der Waals surface area contributed by atoms with Crippen LogP contribution in [0.5, 0.6) is 0 Å². The number of hydrogen-bond donors (Lipinski definition) is 0. The summed E-state index contributed by atoms with van der Waals surface area (Å²) in [6.07, 6.45) is 6.34. The van der Waals surface area contributed by atoms with Gasteiger partial charge in [-0.2, -0.15) is 0 Å². The number of benzene rings is 1. The molecule has 1 atom stereocenters. The lowest BCUT2D eigenvalue weighted by Crippen LogP contribution is -2.53. The summed E-state index contributed by atoms with van der Waals surface area (Å²) >= 11 is 5.92. The van der Waals surface area contributed by atoms with Crippen LogP contribution in [0, 0.1) is 5.41 Å². The van der Waals surface area contributed by atoms with Crippen molar-refractivity contribution in [3.8, 4) is 0 Å². The quantitative estimate of drug-likeness (QED) is 0.773. The number of piperidine rings is 2. The molecule has 1 aromatic carbocycles. The fourth-order valence-corrected chi connectivity index (χ4v) is 4.96. The van der Waals surface area contributed by atoms with Gasteiger partial charge in [-0.05, 0) is 55.2 Å². The second-order valence-electron chi connectivity index (χ2n) is 8.59. The average molecular weight is 405 g/mol. The maximum atomic E-state index is 12.7. The SMILES string of the molecule is O=C(Cc1ccc(Cl)cc1)N1CCC2(CCC(=O)N(C[C@H]3CCCO3)C2)CC1. The van der Waals surface area contributed by atoms with Crippen molar-refractivity contribution in [1.82, 2.24) is 9.80 Å². The summed E-state index contributed by atoms with van der Waals surface area (Å²) in [5.74, 6) is 0.447. The highest BCUT2D eigenvalue weighted by Gasteiger charge is 2.42. The molecule has 3 aliphatic heterocycles. The van der Waals surface area contributed by atoms with Crippen molar-refractivity contribution in [3.05, 3.63) is 34.9 Å². The minimum Gasteiger partial charge on any atom is -0.376 e. The summed E-state index contributed by atoms with van der Waals surface area (Å²) in [6, 6.07) is 7.50. The molecule has 2 amide bonds. The molecule has 0 aromatic heterocycles. The molecule has 1 aromatic rings. The molecule has 0 unspecified atom stereocenters. The molecule has 28 heavy (non-hydrogen) atoms. The molecule has 6 heteroatoms. The Hall–Kier alpha value is -1.59. The van der Waals surface area contributed by atoms with E-state index in [1.54, 1.807) is 0 Å². The van der Waals surface area contributed by atoms with Crippen LogP contribution in [0.25, 0.3) is 0 Å². The van der Waals surface area contributed by atoms with E-state index >= 15 is 0 Å². The van der Waals surface area contributed by atoms with Crippen LogP contribution in [0.4, 0.5) is 0 Å². The second-order valence-corrected chi connectivity index (χ2v) is 9.03. The van der Waals surface area contributed by atoms with Gasteiger partial charge in [0.1, 0.15) is 0 Å². The van der Waals surface area contributed by atoms with Crippen molar-refractivity contribution in [2.24, 2.45) is 5.41 Å². The Balaban J connectivity index is 1.31. The van der Waals surface area contributed by atoms with Crippen LogP contribution < -0.4 is 0 Å². The molecule has 3 fully saturated rings. The Labute approximate surface area is 172 Å². The van der Waals surface area contributed by atoms with Crippen LogP contribution in [-0.4, -0.2) is 60.5 Å². The van der Waals surface area contributed by atoms with E-state index in [1.165, 1.54) is 0 Å². The van der Waals surface area contributed by atoms with Crippen LogP contribution >= 0.6 is 11.6 Å². The highest BCUT2D eigenvalue weighted by atomic mass is 35.5. The van der Waals surface area contributed by atoms with E-state index < -0.39 is 0 Å². The summed E-state index contributed by atoms with van der Waals surface area (Å²) in [7, 11) is 0. The third-order valence-electron chi connectivity index (χ3n) is 6.64. The van der Waals surface area contributed by atoms with Crippen molar-refractivity contribution in [2.75, 3.05) is 32.8 Å². The Morgan fingerprint density at radius 2 is 1.93 bits per heavy atom. The van der Waals surface area contributed by atoms with Crippen molar-refractivity contribution in [2.45, 2.75) is 51.0 Å². The Bertz CT molecular complexity index is 707. The van der Waals surface area contributed by atoms with Gasteiger partial charge in [0, 0.05) is 44.2 Å². The summed E-state index contributed by atoms with van der Waals surface area (Å²) in [5, 5.41) is 0.690. The smallest absolute Gasteiger partial charge is 0.226 e. The third kappa shape index (κ3) is 4.52. The first-order valence-corrected chi connectivity index (χ1v) is 10.8. The van der Waals surface area contributed by atoms with Gasteiger partial charge in [-0.1, -0.05) is 23.7 Å². The number of halogens is 1. The molecule has 3 aliphatic rings. The zero-order chi connectivity index (χ0) is 19.6. The Morgan fingerprint density at radius 1 is 1.18 bits per heavy atom. The molecule has 5 nitrogen and oxygen atoms in total. The molecule has 0 radical (unpaired) electrons. The molecule has 1 spiro atoms. The van der Waals surface area contributed by atoms with Gasteiger partial charge in [0.2, 0.25) is 11.8 Å². The molecule has 0 saturated carbocycles. The molecule has 0 N–H and O–H groups in total. The third-order valence-corrected chi connectivity index (χ3v) is 6.89. The fraction of sp³-hybridized carbons (Fsp3) is 0.636. The zero-order valence-electron chi connectivity index (χ0n) is 16.4. The predicted octanol–water partition coefficient (Wildman–Crippen LogP) is 3.29. The number of carbonyl (C=O) groups is 2. The van der Waals surface area contributed by atoms with Crippen molar-refractivity contribution in [1.29, 1.82) is 0 Å². The zero-order valence-corrected chi connectivity index (χ0v) is 17.1. The molecule has 0 bridgehead atoms. The minimum absolute atomic E-state index is 0.170. The van der Waals surface area contributed by atoms with Gasteiger partial charge in [-0.15, -0.1) is 0 Å². The maximum Gasteiger partial charge on any atom is 0.226 e. The van der Waals surface area contributed by atoms with Crippen LogP contribution in [0.2, 0.25) is 5.02 Å². The second kappa shape index (κ2) is 8.42. The minimum atomic E-state index is 0.170. The molecule has 0 aliphatic carbocycles. The molecule has 3 saturated heterocycles. The van der Waals surface area contributed by atoms with E-state index in [-0.39, 0.29) is 23.3 Å². The number of carbonyl (C=O) groups excluding carboxylic acids is 2. The Morgan fingerprint density at radius 3 is 2.61 bits per heavy atom. The fourth-order valence-electron chi connectivity index (χ4n) is 4.83. The summed E-state index contributed by atoms with van der Waals surface area (Å²) in [4.78, 5) is 29.1. The summed E-state index contributed by atoms with van der Waals surface area (Å²) in [5.41, 5.74) is 1.17. The van der Waals surface area contributed by atoms with E-state index in [0.717, 1.165) is 70.5 Å². The van der Waals surface area contributed by atoms with Crippen molar-refractivity contribution < 1.29 is 14.3 Å². The lowest BCUT2D eigenvalue weighted by Gasteiger charge is -2.47. The number of ether oxygens (including phenoxy) is 1. The first-order valence-electron chi connectivity index (χ1n) is 10.4. The van der Waals surface area contributed by atoms with Crippen LogP contribution in [0.1, 0.15) is 44.1 Å².